The van der Waals surface area contributed by atoms with Crippen molar-refractivity contribution in [2.24, 2.45) is 0 Å². The van der Waals surface area contributed by atoms with Gasteiger partial charge in [0.2, 0.25) is 0 Å². The Hall–Kier alpha value is -1.50. The SMILES string of the molecule is O=C(NCCCN1CCOCC1)NCOc1ccc(Cl)cc1. The predicted octanol–water partition coefficient (Wildman–Crippen LogP) is 1.70. The molecule has 6 nitrogen and oxygen atoms in total. The van der Waals surface area contributed by atoms with Gasteiger partial charge in [0, 0.05) is 24.7 Å². The van der Waals surface area contributed by atoms with Crippen LogP contribution < -0.4 is 15.4 Å². The van der Waals surface area contributed by atoms with Gasteiger partial charge in [-0.3, -0.25) is 4.90 Å². The molecule has 1 aromatic carbocycles. The molecule has 1 fully saturated rings. The summed E-state index contributed by atoms with van der Waals surface area (Å²) >= 11 is 5.78. The van der Waals surface area contributed by atoms with Gasteiger partial charge in [-0.1, -0.05) is 11.6 Å². The van der Waals surface area contributed by atoms with Crippen LogP contribution in [0.2, 0.25) is 5.02 Å². The van der Waals surface area contributed by atoms with E-state index in [1.807, 2.05) is 0 Å². The van der Waals surface area contributed by atoms with E-state index in [1.165, 1.54) is 0 Å². The van der Waals surface area contributed by atoms with Gasteiger partial charge in [0.25, 0.3) is 0 Å². The first-order valence-electron chi connectivity index (χ1n) is 7.44. The topological polar surface area (TPSA) is 62.8 Å². The van der Waals surface area contributed by atoms with Crippen molar-refractivity contribution in [1.82, 2.24) is 15.5 Å². The highest BCUT2D eigenvalue weighted by Gasteiger charge is 2.09. The van der Waals surface area contributed by atoms with Gasteiger partial charge in [0.1, 0.15) is 5.75 Å². The first-order valence-corrected chi connectivity index (χ1v) is 7.82. The minimum Gasteiger partial charge on any atom is -0.473 e. The van der Waals surface area contributed by atoms with Gasteiger partial charge >= 0.3 is 6.03 Å². The highest BCUT2D eigenvalue weighted by atomic mass is 35.5. The minimum atomic E-state index is -0.226. The number of nitrogens with one attached hydrogen (secondary N) is 2. The summed E-state index contributed by atoms with van der Waals surface area (Å²) in [5.74, 6) is 0.664. The van der Waals surface area contributed by atoms with Crippen LogP contribution in [0.25, 0.3) is 0 Å². The van der Waals surface area contributed by atoms with Gasteiger partial charge in [-0.15, -0.1) is 0 Å². The maximum atomic E-state index is 11.6. The molecule has 0 aromatic heterocycles. The Balaban J connectivity index is 1.49. The van der Waals surface area contributed by atoms with Crippen LogP contribution in [0.4, 0.5) is 4.79 Å². The Labute approximate surface area is 135 Å². The Bertz CT molecular complexity index is 450. The van der Waals surface area contributed by atoms with Crippen molar-refractivity contribution in [2.75, 3.05) is 46.1 Å². The zero-order valence-electron chi connectivity index (χ0n) is 12.5. The molecule has 2 amide bonds. The van der Waals surface area contributed by atoms with E-state index >= 15 is 0 Å². The van der Waals surface area contributed by atoms with Crippen LogP contribution >= 0.6 is 11.6 Å². The second-order valence-electron chi connectivity index (χ2n) is 4.98. The largest absolute Gasteiger partial charge is 0.473 e. The maximum Gasteiger partial charge on any atom is 0.317 e. The summed E-state index contributed by atoms with van der Waals surface area (Å²) in [7, 11) is 0. The molecule has 1 aliphatic heterocycles. The van der Waals surface area contributed by atoms with E-state index in [1.54, 1.807) is 24.3 Å². The Morgan fingerprint density at radius 1 is 1.23 bits per heavy atom. The number of hydrogen-bond acceptors (Lipinski definition) is 4. The smallest absolute Gasteiger partial charge is 0.317 e. The van der Waals surface area contributed by atoms with Crippen LogP contribution in [0, 0.1) is 0 Å². The summed E-state index contributed by atoms with van der Waals surface area (Å²) in [6.07, 6.45) is 0.922. The van der Waals surface area contributed by atoms with Crippen LogP contribution in [0.1, 0.15) is 6.42 Å². The number of hydrogen-bond donors (Lipinski definition) is 2. The highest BCUT2D eigenvalue weighted by molar-refractivity contribution is 6.30. The monoisotopic (exact) mass is 327 g/mol. The molecular formula is C15H22ClN3O3. The number of morpholine rings is 1. The molecule has 0 saturated carbocycles. The van der Waals surface area contributed by atoms with Crippen molar-refractivity contribution in [3.63, 3.8) is 0 Å². The number of carbonyl (C=O) groups excluding carboxylic acids is 1. The Morgan fingerprint density at radius 2 is 1.95 bits per heavy atom. The van der Waals surface area contributed by atoms with Crippen molar-refractivity contribution in [1.29, 1.82) is 0 Å². The summed E-state index contributed by atoms with van der Waals surface area (Å²) in [5, 5.41) is 6.11. The normalized spacial score (nSPS) is 15.3. The van der Waals surface area contributed by atoms with Crippen molar-refractivity contribution in [3.05, 3.63) is 29.3 Å². The second kappa shape index (κ2) is 9.50. The highest BCUT2D eigenvalue weighted by Crippen LogP contribution is 2.14. The molecule has 22 heavy (non-hydrogen) atoms. The summed E-state index contributed by atoms with van der Waals surface area (Å²) in [6.45, 7) is 5.29. The van der Waals surface area contributed by atoms with Crippen LogP contribution in [0.5, 0.6) is 5.75 Å². The van der Waals surface area contributed by atoms with Gasteiger partial charge in [0.15, 0.2) is 6.73 Å². The van der Waals surface area contributed by atoms with E-state index in [4.69, 9.17) is 21.1 Å². The fourth-order valence-electron chi connectivity index (χ4n) is 2.11. The fraction of sp³-hybridized carbons (Fsp3) is 0.533. The summed E-state index contributed by atoms with van der Waals surface area (Å²) in [4.78, 5) is 13.9. The zero-order chi connectivity index (χ0) is 15.6. The van der Waals surface area contributed by atoms with E-state index in [2.05, 4.69) is 15.5 Å². The molecule has 1 saturated heterocycles. The summed E-state index contributed by atoms with van der Waals surface area (Å²) < 4.78 is 10.7. The van der Waals surface area contributed by atoms with E-state index in [0.29, 0.717) is 17.3 Å². The van der Waals surface area contributed by atoms with Crippen molar-refractivity contribution in [3.8, 4) is 5.75 Å². The van der Waals surface area contributed by atoms with Gasteiger partial charge < -0.3 is 20.1 Å². The molecule has 2 N–H and O–H groups in total. The van der Waals surface area contributed by atoms with Gasteiger partial charge in [-0.2, -0.15) is 0 Å². The molecule has 0 radical (unpaired) electrons. The molecule has 0 spiro atoms. The Kier molecular flexibility index (Phi) is 7.28. The molecule has 1 aliphatic rings. The summed E-state index contributed by atoms with van der Waals surface area (Å²) in [6, 6.07) is 6.76. The third-order valence-corrected chi connectivity index (χ3v) is 3.58. The first kappa shape index (κ1) is 16.9. The molecule has 0 unspecified atom stereocenters. The maximum absolute atomic E-state index is 11.6. The van der Waals surface area contributed by atoms with Gasteiger partial charge in [-0.05, 0) is 37.2 Å². The number of benzene rings is 1. The Morgan fingerprint density at radius 3 is 2.68 bits per heavy atom. The molecule has 1 aromatic rings. The average Bonchev–Trinajstić information content (AvgIpc) is 2.54. The number of urea groups is 1. The molecule has 1 heterocycles. The molecule has 122 valence electrons. The standard InChI is InChI=1S/C15H22ClN3O3/c16-13-2-4-14(5-3-13)22-12-18-15(20)17-6-1-7-19-8-10-21-11-9-19/h2-5H,1,6-12H2,(H2,17,18,20). The number of amides is 2. The molecule has 0 aliphatic carbocycles. The number of nitrogens with zero attached hydrogens (tertiary/aromatic N) is 1. The quantitative estimate of drug-likeness (QED) is 0.591. The number of carbonyl (C=O) groups is 1. The average molecular weight is 328 g/mol. The van der Waals surface area contributed by atoms with Gasteiger partial charge in [0.05, 0.1) is 13.2 Å². The van der Waals surface area contributed by atoms with Crippen molar-refractivity contribution >= 4 is 17.6 Å². The van der Waals surface area contributed by atoms with E-state index in [-0.39, 0.29) is 12.8 Å². The third-order valence-electron chi connectivity index (χ3n) is 3.33. The zero-order valence-corrected chi connectivity index (χ0v) is 13.3. The van der Waals surface area contributed by atoms with Crippen LogP contribution in [-0.2, 0) is 4.74 Å². The molecule has 7 heteroatoms. The molecule has 0 bridgehead atoms. The van der Waals surface area contributed by atoms with E-state index in [0.717, 1.165) is 39.3 Å². The van der Waals surface area contributed by atoms with Crippen LogP contribution in [-0.4, -0.2) is 57.1 Å². The second-order valence-corrected chi connectivity index (χ2v) is 5.42. The van der Waals surface area contributed by atoms with Gasteiger partial charge in [-0.25, -0.2) is 4.79 Å². The number of rotatable bonds is 7. The van der Waals surface area contributed by atoms with Crippen LogP contribution in [0.15, 0.2) is 24.3 Å². The number of ether oxygens (including phenoxy) is 2. The lowest BCUT2D eigenvalue weighted by Crippen LogP contribution is -2.40. The lowest BCUT2D eigenvalue weighted by atomic mass is 10.3. The van der Waals surface area contributed by atoms with Crippen LogP contribution in [0.3, 0.4) is 0 Å². The predicted molar refractivity (Wildman–Crippen MR) is 85.4 cm³/mol. The van der Waals surface area contributed by atoms with Crippen molar-refractivity contribution in [2.45, 2.75) is 6.42 Å². The fourth-order valence-corrected chi connectivity index (χ4v) is 2.23. The summed E-state index contributed by atoms with van der Waals surface area (Å²) in [5.41, 5.74) is 0. The van der Waals surface area contributed by atoms with E-state index in [9.17, 15) is 4.79 Å². The number of halogens is 1. The van der Waals surface area contributed by atoms with Crippen molar-refractivity contribution < 1.29 is 14.3 Å². The lowest BCUT2D eigenvalue weighted by molar-refractivity contribution is 0.0375. The van der Waals surface area contributed by atoms with E-state index < -0.39 is 0 Å². The molecule has 2 rings (SSSR count). The molecule has 0 atom stereocenters. The first-order chi connectivity index (χ1) is 10.7. The third kappa shape index (κ3) is 6.51. The molecular weight excluding hydrogens is 306 g/mol. The lowest BCUT2D eigenvalue weighted by Gasteiger charge is -2.26. The minimum absolute atomic E-state index is 0.122.